The van der Waals surface area contributed by atoms with E-state index in [0.717, 1.165) is 31.6 Å². The summed E-state index contributed by atoms with van der Waals surface area (Å²) in [5, 5.41) is 6.15. The summed E-state index contributed by atoms with van der Waals surface area (Å²) in [6.45, 7) is 1.85. The number of halogens is 1. The Bertz CT molecular complexity index is 377. The molecule has 5 heteroatoms. The molecule has 4 nitrogen and oxygen atoms in total. The number of amides is 1. The Kier molecular flexibility index (Phi) is 3.90. The zero-order valence-electron chi connectivity index (χ0n) is 8.87. The molecule has 1 aromatic rings. The summed E-state index contributed by atoms with van der Waals surface area (Å²) in [5.74, 6) is 0.212. The minimum atomic E-state index is 0.0928. The quantitative estimate of drug-likeness (QED) is 0.814. The molecule has 1 aliphatic rings. The van der Waals surface area contributed by atoms with Gasteiger partial charge in [0, 0.05) is 12.1 Å². The lowest BCUT2D eigenvalue weighted by molar-refractivity contribution is -0.120. The first-order valence-corrected chi connectivity index (χ1v) is 6.19. The Morgan fingerprint density at radius 1 is 1.50 bits per heavy atom. The highest BCUT2D eigenvalue weighted by Crippen LogP contribution is 2.21. The summed E-state index contributed by atoms with van der Waals surface area (Å²) in [7, 11) is 0. The molecule has 0 radical (unpaired) electrons. The highest BCUT2D eigenvalue weighted by molar-refractivity contribution is 9.10. The van der Waals surface area contributed by atoms with Gasteiger partial charge in [-0.25, -0.2) is 4.98 Å². The Morgan fingerprint density at radius 2 is 2.25 bits per heavy atom. The van der Waals surface area contributed by atoms with Crippen LogP contribution in [-0.2, 0) is 4.79 Å². The largest absolute Gasteiger partial charge is 0.324 e. The molecule has 0 spiro atoms. The van der Waals surface area contributed by atoms with Crippen molar-refractivity contribution in [3.63, 3.8) is 0 Å². The van der Waals surface area contributed by atoms with Crippen molar-refractivity contribution in [2.24, 2.45) is 5.92 Å². The lowest BCUT2D eigenvalue weighted by Gasteiger charge is -2.21. The number of nitrogens with zero attached hydrogens (tertiary/aromatic N) is 1. The Morgan fingerprint density at radius 3 is 2.94 bits per heavy atom. The van der Waals surface area contributed by atoms with Crippen LogP contribution in [0.5, 0.6) is 0 Å². The van der Waals surface area contributed by atoms with E-state index in [1.54, 1.807) is 6.20 Å². The SMILES string of the molecule is O=C(Nc1cccnc1Br)C1CCNCC1. The monoisotopic (exact) mass is 283 g/mol. The number of aromatic nitrogens is 1. The molecule has 1 aliphatic heterocycles. The average Bonchev–Trinajstić information content (AvgIpc) is 2.33. The molecule has 0 atom stereocenters. The van der Waals surface area contributed by atoms with Crippen LogP contribution < -0.4 is 10.6 Å². The second-order valence-corrected chi connectivity index (χ2v) is 4.61. The van der Waals surface area contributed by atoms with E-state index in [1.165, 1.54) is 0 Å². The van der Waals surface area contributed by atoms with Gasteiger partial charge in [-0.2, -0.15) is 0 Å². The van der Waals surface area contributed by atoms with E-state index in [-0.39, 0.29) is 11.8 Å². The van der Waals surface area contributed by atoms with Crippen molar-refractivity contribution in [3.05, 3.63) is 22.9 Å². The predicted octanol–water partition coefficient (Wildman–Crippen LogP) is 1.78. The maximum absolute atomic E-state index is 11.9. The van der Waals surface area contributed by atoms with Crippen LogP contribution in [0, 0.1) is 5.92 Å². The summed E-state index contributed by atoms with van der Waals surface area (Å²) >= 11 is 3.31. The lowest BCUT2D eigenvalue weighted by atomic mass is 9.97. The molecule has 1 saturated heterocycles. The standard InChI is InChI=1S/C11H14BrN3O/c12-10-9(2-1-5-14-10)15-11(16)8-3-6-13-7-4-8/h1-2,5,8,13H,3-4,6-7H2,(H,15,16). The average molecular weight is 284 g/mol. The minimum absolute atomic E-state index is 0.0928. The van der Waals surface area contributed by atoms with Gasteiger partial charge in [0.25, 0.3) is 0 Å². The van der Waals surface area contributed by atoms with E-state index in [9.17, 15) is 4.79 Å². The fourth-order valence-electron chi connectivity index (χ4n) is 1.80. The zero-order valence-corrected chi connectivity index (χ0v) is 10.5. The summed E-state index contributed by atoms with van der Waals surface area (Å²) in [4.78, 5) is 16.0. The molecule has 16 heavy (non-hydrogen) atoms. The number of piperidine rings is 1. The van der Waals surface area contributed by atoms with E-state index < -0.39 is 0 Å². The van der Waals surface area contributed by atoms with Gasteiger partial charge in [0.1, 0.15) is 4.60 Å². The van der Waals surface area contributed by atoms with E-state index in [4.69, 9.17) is 0 Å². The molecule has 0 bridgehead atoms. The number of anilines is 1. The molecule has 0 aromatic carbocycles. The fraction of sp³-hybridized carbons (Fsp3) is 0.455. The van der Waals surface area contributed by atoms with Crippen molar-refractivity contribution in [3.8, 4) is 0 Å². The Labute approximate surface area is 103 Å². The summed E-state index contributed by atoms with van der Waals surface area (Å²) in [5.41, 5.74) is 0.742. The number of carbonyl (C=O) groups is 1. The summed E-state index contributed by atoms with van der Waals surface area (Å²) in [6.07, 6.45) is 3.50. The molecule has 0 saturated carbocycles. The maximum atomic E-state index is 11.9. The van der Waals surface area contributed by atoms with Crippen molar-refractivity contribution >= 4 is 27.5 Å². The first-order chi connectivity index (χ1) is 7.77. The van der Waals surface area contributed by atoms with Gasteiger partial charge in [0.05, 0.1) is 5.69 Å². The number of pyridine rings is 1. The van der Waals surface area contributed by atoms with Crippen molar-refractivity contribution < 1.29 is 4.79 Å². The van der Waals surface area contributed by atoms with Gasteiger partial charge in [-0.05, 0) is 54.0 Å². The van der Waals surface area contributed by atoms with Gasteiger partial charge in [0.2, 0.25) is 5.91 Å². The van der Waals surface area contributed by atoms with Gasteiger partial charge in [-0.3, -0.25) is 4.79 Å². The Hall–Kier alpha value is -0.940. The second-order valence-electron chi connectivity index (χ2n) is 3.86. The van der Waals surface area contributed by atoms with Crippen LogP contribution >= 0.6 is 15.9 Å². The molecule has 0 aliphatic carbocycles. The van der Waals surface area contributed by atoms with Crippen molar-refractivity contribution in [1.29, 1.82) is 0 Å². The van der Waals surface area contributed by atoms with Gasteiger partial charge >= 0.3 is 0 Å². The molecule has 2 N–H and O–H groups in total. The Balaban J connectivity index is 1.99. The molecule has 86 valence electrons. The first-order valence-electron chi connectivity index (χ1n) is 5.39. The minimum Gasteiger partial charge on any atom is -0.324 e. The molecule has 2 heterocycles. The third kappa shape index (κ3) is 2.80. The van der Waals surface area contributed by atoms with Crippen molar-refractivity contribution in [1.82, 2.24) is 10.3 Å². The molecular formula is C11H14BrN3O. The van der Waals surface area contributed by atoms with E-state index in [2.05, 4.69) is 31.5 Å². The summed E-state index contributed by atoms with van der Waals surface area (Å²) in [6, 6.07) is 3.65. The number of nitrogens with one attached hydrogen (secondary N) is 2. The highest BCUT2D eigenvalue weighted by atomic mass is 79.9. The number of hydrogen-bond donors (Lipinski definition) is 2. The van der Waals surface area contributed by atoms with Crippen LogP contribution in [0.15, 0.2) is 22.9 Å². The smallest absolute Gasteiger partial charge is 0.227 e. The van der Waals surface area contributed by atoms with Crippen LogP contribution in [-0.4, -0.2) is 24.0 Å². The van der Waals surface area contributed by atoms with Crippen LogP contribution in [0.25, 0.3) is 0 Å². The zero-order chi connectivity index (χ0) is 11.4. The van der Waals surface area contributed by atoms with Crippen LogP contribution in [0.2, 0.25) is 0 Å². The van der Waals surface area contributed by atoms with E-state index in [0.29, 0.717) is 4.60 Å². The van der Waals surface area contributed by atoms with E-state index >= 15 is 0 Å². The number of hydrogen-bond acceptors (Lipinski definition) is 3. The van der Waals surface area contributed by atoms with Crippen LogP contribution in [0.4, 0.5) is 5.69 Å². The van der Waals surface area contributed by atoms with Gasteiger partial charge in [-0.15, -0.1) is 0 Å². The van der Waals surface area contributed by atoms with Crippen LogP contribution in [0.1, 0.15) is 12.8 Å². The maximum Gasteiger partial charge on any atom is 0.227 e. The molecule has 1 fully saturated rings. The third-order valence-corrected chi connectivity index (χ3v) is 3.36. The summed E-state index contributed by atoms with van der Waals surface area (Å²) < 4.78 is 0.678. The third-order valence-electron chi connectivity index (χ3n) is 2.73. The lowest BCUT2D eigenvalue weighted by Crippen LogP contribution is -2.34. The number of rotatable bonds is 2. The fourth-order valence-corrected chi connectivity index (χ4v) is 2.15. The molecule has 1 amide bonds. The highest BCUT2D eigenvalue weighted by Gasteiger charge is 2.21. The van der Waals surface area contributed by atoms with Crippen LogP contribution in [0.3, 0.4) is 0 Å². The molecule has 1 aromatic heterocycles. The van der Waals surface area contributed by atoms with Gasteiger partial charge in [-0.1, -0.05) is 0 Å². The molecular weight excluding hydrogens is 270 g/mol. The van der Waals surface area contributed by atoms with Gasteiger partial charge < -0.3 is 10.6 Å². The molecule has 2 rings (SSSR count). The second kappa shape index (κ2) is 5.41. The first kappa shape index (κ1) is 11.5. The van der Waals surface area contributed by atoms with Crippen molar-refractivity contribution in [2.45, 2.75) is 12.8 Å². The predicted molar refractivity (Wildman–Crippen MR) is 66.2 cm³/mol. The van der Waals surface area contributed by atoms with Gasteiger partial charge in [0.15, 0.2) is 0 Å². The topological polar surface area (TPSA) is 54.0 Å². The van der Waals surface area contributed by atoms with E-state index in [1.807, 2.05) is 12.1 Å². The molecule has 0 unspecified atom stereocenters. The normalized spacial score (nSPS) is 17.1. The number of carbonyl (C=O) groups excluding carboxylic acids is 1. The van der Waals surface area contributed by atoms with Crippen molar-refractivity contribution in [2.75, 3.05) is 18.4 Å².